The molecule has 5 heteroatoms. The number of carbonyl (C=O) groups is 2. The second kappa shape index (κ2) is 9.56. The lowest BCUT2D eigenvalue weighted by Crippen LogP contribution is -2.14. The van der Waals surface area contributed by atoms with Crippen LogP contribution in [-0.2, 0) is 22.4 Å². The summed E-state index contributed by atoms with van der Waals surface area (Å²) in [5, 5.41) is 0.947. The number of rotatable bonds is 7. The van der Waals surface area contributed by atoms with Crippen molar-refractivity contribution >= 4 is 41.0 Å². The maximum absolute atomic E-state index is 12.4. The maximum atomic E-state index is 12.4. The Morgan fingerprint density at radius 2 is 1.81 bits per heavy atom. The van der Waals surface area contributed by atoms with E-state index in [9.17, 15) is 9.59 Å². The van der Waals surface area contributed by atoms with E-state index in [1.165, 1.54) is 12.2 Å². The van der Waals surface area contributed by atoms with Crippen LogP contribution in [0.4, 0.5) is 0 Å². The fourth-order valence-corrected chi connectivity index (χ4v) is 2.94. The quantitative estimate of drug-likeness (QED) is 0.353. The average molecular weight is 391 g/mol. The minimum atomic E-state index is -0.603. The summed E-state index contributed by atoms with van der Waals surface area (Å²) in [5.41, 5.74) is 3.29. The van der Waals surface area contributed by atoms with E-state index in [0.29, 0.717) is 21.2 Å². The Labute approximate surface area is 163 Å². The van der Waals surface area contributed by atoms with E-state index in [-0.39, 0.29) is 12.4 Å². The fraction of sp³-hybridized carbons (Fsp3) is 0.238. The Balaban J connectivity index is 2.00. The highest BCUT2D eigenvalue weighted by Crippen LogP contribution is 2.22. The van der Waals surface area contributed by atoms with E-state index in [2.05, 4.69) is 0 Å². The SMILES string of the molecule is CCc1ccc(CC)c(C(=O)COC(=O)/C=C/c2ccc(Cl)cc2Cl)c1. The van der Waals surface area contributed by atoms with Crippen molar-refractivity contribution < 1.29 is 14.3 Å². The van der Waals surface area contributed by atoms with Gasteiger partial charge in [-0.15, -0.1) is 0 Å². The Morgan fingerprint density at radius 3 is 2.46 bits per heavy atom. The Kier molecular flexibility index (Phi) is 7.43. The first-order valence-electron chi connectivity index (χ1n) is 8.39. The second-order valence-corrected chi connectivity index (χ2v) is 6.57. The fourth-order valence-electron chi connectivity index (χ4n) is 2.47. The lowest BCUT2D eigenvalue weighted by molar-refractivity contribution is -0.136. The number of ketones is 1. The minimum Gasteiger partial charge on any atom is -0.454 e. The number of Topliss-reactive ketones (excluding diaryl/α,β-unsaturated/α-hetero) is 1. The van der Waals surface area contributed by atoms with Gasteiger partial charge in [0.2, 0.25) is 5.78 Å². The molecule has 0 atom stereocenters. The molecule has 0 fully saturated rings. The van der Waals surface area contributed by atoms with Gasteiger partial charge in [0.25, 0.3) is 0 Å². The molecule has 0 bridgehead atoms. The molecule has 26 heavy (non-hydrogen) atoms. The lowest BCUT2D eigenvalue weighted by Gasteiger charge is -2.09. The minimum absolute atomic E-state index is 0.205. The summed E-state index contributed by atoms with van der Waals surface area (Å²) in [7, 11) is 0. The third kappa shape index (κ3) is 5.45. The van der Waals surface area contributed by atoms with Crippen molar-refractivity contribution in [1.82, 2.24) is 0 Å². The van der Waals surface area contributed by atoms with Gasteiger partial charge in [0.15, 0.2) is 6.61 Å². The topological polar surface area (TPSA) is 43.4 Å². The van der Waals surface area contributed by atoms with Crippen molar-refractivity contribution in [3.8, 4) is 0 Å². The van der Waals surface area contributed by atoms with Gasteiger partial charge in [-0.05, 0) is 53.8 Å². The first kappa shape index (κ1) is 20.2. The summed E-state index contributed by atoms with van der Waals surface area (Å²) in [4.78, 5) is 24.3. The van der Waals surface area contributed by atoms with E-state index in [1.54, 1.807) is 18.2 Å². The van der Waals surface area contributed by atoms with Crippen LogP contribution in [0.25, 0.3) is 6.08 Å². The second-order valence-electron chi connectivity index (χ2n) is 5.73. The van der Waals surface area contributed by atoms with Crippen LogP contribution in [0.5, 0.6) is 0 Å². The highest BCUT2D eigenvalue weighted by atomic mass is 35.5. The number of hydrogen-bond acceptors (Lipinski definition) is 3. The lowest BCUT2D eigenvalue weighted by atomic mass is 9.98. The van der Waals surface area contributed by atoms with E-state index in [4.69, 9.17) is 27.9 Å². The third-order valence-electron chi connectivity index (χ3n) is 3.97. The average Bonchev–Trinajstić information content (AvgIpc) is 2.64. The van der Waals surface area contributed by atoms with Gasteiger partial charge in [0.1, 0.15) is 0 Å². The molecule has 0 radical (unpaired) electrons. The van der Waals surface area contributed by atoms with E-state index in [1.807, 2.05) is 32.0 Å². The van der Waals surface area contributed by atoms with Crippen molar-refractivity contribution in [1.29, 1.82) is 0 Å². The van der Waals surface area contributed by atoms with Gasteiger partial charge in [-0.25, -0.2) is 4.79 Å². The number of benzene rings is 2. The predicted octanol–water partition coefficient (Wildman–Crippen LogP) is 5.56. The van der Waals surface area contributed by atoms with Gasteiger partial charge in [-0.2, -0.15) is 0 Å². The summed E-state index contributed by atoms with van der Waals surface area (Å²) >= 11 is 11.9. The maximum Gasteiger partial charge on any atom is 0.331 e. The molecular formula is C21H20Cl2O3. The van der Waals surface area contributed by atoms with Gasteiger partial charge in [0.05, 0.1) is 0 Å². The molecule has 0 heterocycles. The summed E-state index contributed by atoms with van der Waals surface area (Å²) in [6.45, 7) is 3.72. The van der Waals surface area contributed by atoms with Crippen LogP contribution in [0, 0.1) is 0 Å². The van der Waals surface area contributed by atoms with Crippen molar-refractivity contribution in [2.45, 2.75) is 26.7 Å². The molecular weight excluding hydrogens is 371 g/mol. The highest BCUT2D eigenvalue weighted by Gasteiger charge is 2.13. The van der Waals surface area contributed by atoms with Crippen molar-refractivity contribution in [2.75, 3.05) is 6.61 Å². The van der Waals surface area contributed by atoms with Crippen molar-refractivity contribution in [3.63, 3.8) is 0 Å². The van der Waals surface area contributed by atoms with Crippen molar-refractivity contribution in [3.05, 3.63) is 74.8 Å². The molecule has 0 unspecified atom stereocenters. The van der Waals surface area contributed by atoms with Crippen LogP contribution < -0.4 is 0 Å². The summed E-state index contributed by atoms with van der Waals surface area (Å²) in [6.07, 6.45) is 4.36. The molecule has 3 nitrogen and oxygen atoms in total. The number of halogens is 2. The molecule has 0 aromatic heterocycles. The molecule has 0 aliphatic carbocycles. The normalized spacial score (nSPS) is 10.9. The standard InChI is InChI=1S/C21H20Cl2O3/c1-3-14-5-6-15(4-2)18(11-14)20(24)13-26-21(25)10-8-16-7-9-17(22)12-19(16)23/h5-12H,3-4,13H2,1-2H3/b10-8+. The first-order chi connectivity index (χ1) is 12.4. The van der Waals surface area contributed by atoms with Gasteiger partial charge >= 0.3 is 5.97 Å². The van der Waals surface area contributed by atoms with Gasteiger partial charge in [0, 0.05) is 21.7 Å². The zero-order chi connectivity index (χ0) is 19.1. The Hall–Kier alpha value is -2.10. The molecule has 0 aliphatic rings. The monoisotopic (exact) mass is 390 g/mol. The van der Waals surface area contributed by atoms with Crippen LogP contribution in [0.3, 0.4) is 0 Å². The number of ether oxygens (including phenoxy) is 1. The molecule has 2 aromatic rings. The molecule has 136 valence electrons. The third-order valence-corrected chi connectivity index (χ3v) is 4.53. The number of aryl methyl sites for hydroxylation is 2. The van der Waals surface area contributed by atoms with Gasteiger partial charge in [-0.3, -0.25) is 4.79 Å². The summed E-state index contributed by atoms with van der Waals surface area (Å²) < 4.78 is 5.07. The summed E-state index contributed by atoms with van der Waals surface area (Å²) in [5.74, 6) is -0.808. The van der Waals surface area contributed by atoms with Crippen LogP contribution in [0.1, 0.15) is 40.9 Å². The van der Waals surface area contributed by atoms with E-state index >= 15 is 0 Å². The predicted molar refractivity (Wildman–Crippen MR) is 106 cm³/mol. The zero-order valence-corrected chi connectivity index (χ0v) is 16.2. The van der Waals surface area contributed by atoms with Crippen LogP contribution >= 0.6 is 23.2 Å². The van der Waals surface area contributed by atoms with E-state index in [0.717, 1.165) is 24.0 Å². The summed E-state index contributed by atoms with van der Waals surface area (Å²) in [6, 6.07) is 10.8. The smallest absolute Gasteiger partial charge is 0.331 e. The van der Waals surface area contributed by atoms with Crippen LogP contribution in [-0.4, -0.2) is 18.4 Å². The molecule has 2 aromatic carbocycles. The zero-order valence-electron chi connectivity index (χ0n) is 14.7. The van der Waals surface area contributed by atoms with Gasteiger partial charge < -0.3 is 4.74 Å². The molecule has 2 rings (SSSR count). The van der Waals surface area contributed by atoms with Crippen molar-refractivity contribution in [2.24, 2.45) is 0 Å². The Morgan fingerprint density at radius 1 is 1.04 bits per heavy atom. The number of carbonyl (C=O) groups excluding carboxylic acids is 2. The first-order valence-corrected chi connectivity index (χ1v) is 9.15. The molecule has 0 spiro atoms. The largest absolute Gasteiger partial charge is 0.454 e. The van der Waals surface area contributed by atoms with Gasteiger partial charge in [-0.1, -0.05) is 55.2 Å². The van der Waals surface area contributed by atoms with E-state index < -0.39 is 5.97 Å². The molecule has 0 saturated carbocycles. The molecule has 0 N–H and O–H groups in total. The van der Waals surface area contributed by atoms with Crippen LogP contribution in [0.2, 0.25) is 10.0 Å². The number of hydrogen-bond donors (Lipinski definition) is 0. The number of esters is 1. The molecule has 0 amide bonds. The van der Waals surface area contributed by atoms with Crippen LogP contribution in [0.15, 0.2) is 42.5 Å². The highest BCUT2D eigenvalue weighted by molar-refractivity contribution is 6.35. The Bertz CT molecular complexity index is 841. The molecule has 0 aliphatic heterocycles. The molecule has 0 saturated heterocycles.